The van der Waals surface area contributed by atoms with E-state index in [1.54, 1.807) is 33.3 Å². The standard InChI is InChI=1S/C19H21NO6S/c1-20-12-9-15(27-18(12)11(8-16(20)21)19(22)26-5)10-6-13(23-2)17(25-4)14(7-10)24-3/h6-7,9,11H,8H2,1-5H3. The van der Waals surface area contributed by atoms with Crippen LogP contribution in [0.4, 0.5) is 5.69 Å². The quantitative estimate of drug-likeness (QED) is 0.730. The van der Waals surface area contributed by atoms with Gasteiger partial charge in [0.2, 0.25) is 11.7 Å². The minimum atomic E-state index is -0.588. The van der Waals surface area contributed by atoms with E-state index in [9.17, 15) is 9.59 Å². The molecule has 1 unspecified atom stereocenters. The van der Waals surface area contributed by atoms with Gasteiger partial charge in [0.05, 0.1) is 34.1 Å². The van der Waals surface area contributed by atoms with Gasteiger partial charge in [0.25, 0.3) is 0 Å². The SMILES string of the molecule is COC(=O)C1CC(=O)N(C)c2cc(-c3cc(OC)c(OC)c(OC)c3)sc21. The van der Waals surface area contributed by atoms with Crippen LogP contribution in [-0.2, 0) is 14.3 Å². The molecule has 8 heteroatoms. The zero-order valence-electron chi connectivity index (χ0n) is 15.8. The highest BCUT2D eigenvalue weighted by Crippen LogP contribution is 2.48. The molecule has 2 heterocycles. The van der Waals surface area contributed by atoms with Crippen molar-refractivity contribution in [2.75, 3.05) is 40.4 Å². The number of rotatable bonds is 5. The Kier molecular flexibility index (Phi) is 5.27. The predicted octanol–water partition coefficient (Wildman–Crippen LogP) is 3.06. The van der Waals surface area contributed by atoms with E-state index >= 15 is 0 Å². The molecule has 0 saturated heterocycles. The first kappa shape index (κ1) is 19.0. The van der Waals surface area contributed by atoms with Crippen molar-refractivity contribution in [2.45, 2.75) is 12.3 Å². The van der Waals surface area contributed by atoms with Crippen LogP contribution in [0.25, 0.3) is 10.4 Å². The van der Waals surface area contributed by atoms with Gasteiger partial charge in [-0.2, -0.15) is 0 Å². The van der Waals surface area contributed by atoms with Crippen molar-refractivity contribution >= 4 is 28.9 Å². The van der Waals surface area contributed by atoms with Crippen LogP contribution < -0.4 is 19.1 Å². The van der Waals surface area contributed by atoms with Gasteiger partial charge in [0.1, 0.15) is 5.92 Å². The maximum Gasteiger partial charge on any atom is 0.314 e. The number of hydrogen-bond acceptors (Lipinski definition) is 7. The largest absolute Gasteiger partial charge is 0.493 e. The molecule has 0 N–H and O–H groups in total. The molecular formula is C19H21NO6S. The first-order chi connectivity index (χ1) is 12.9. The molecule has 0 radical (unpaired) electrons. The highest BCUT2D eigenvalue weighted by atomic mass is 32.1. The summed E-state index contributed by atoms with van der Waals surface area (Å²) in [6.07, 6.45) is 0.103. The zero-order chi connectivity index (χ0) is 19.7. The summed E-state index contributed by atoms with van der Waals surface area (Å²) < 4.78 is 21.1. The Labute approximate surface area is 161 Å². The normalized spacial score (nSPS) is 16.0. The second kappa shape index (κ2) is 7.48. The number of ether oxygens (including phenoxy) is 4. The molecule has 7 nitrogen and oxygen atoms in total. The lowest BCUT2D eigenvalue weighted by Crippen LogP contribution is -2.34. The first-order valence-electron chi connectivity index (χ1n) is 8.23. The number of carbonyl (C=O) groups is 2. The molecule has 3 rings (SSSR count). The molecule has 1 atom stereocenters. The maximum absolute atomic E-state index is 12.3. The summed E-state index contributed by atoms with van der Waals surface area (Å²) in [7, 11) is 7.70. The summed E-state index contributed by atoms with van der Waals surface area (Å²) in [5.41, 5.74) is 1.56. The monoisotopic (exact) mass is 391 g/mol. The van der Waals surface area contributed by atoms with E-state index in [-0.39, 0.29) is 12.3 Å². The Morgan fingerprint density at radius 2 is 1.70 bits per heavy atom. The molecule has 0 saturated carbocycles. The van der Waals surface area contributed by atoms with E-state index in [0.29, 0.717) is 17.2 Å². The number of benzene rings is 1. The summed E-state index contributed by atoms with van der Waals surface area (Å²) in [4.78, 5) is 27.7. The van der Waals surface area contributed by atoms with Gasteiger partial charge >= 0.3 is 5.97 Å². The Bertz CT molecular complexity index is 865. The molecule has 0 bridgehead atoms. The number of methoxy groups -OCH3 is 4. The van der Waals surface area contributed by atoms with Gasteiger partial charge in [-0.1, -0.05) is 0 Å². The van der Waals surface area contributed by atoms with E-state index in [1.165, 1.54) is 18.4 Å². The molecule has 0 aliphatic carbocycles. The number of fused-ring (bicyclic) bond motifs is 1. The molecule has 1 aliphatic rings. The lowest BCUT2D eigenvalue weighted by Gasteiger charge is -2.27. The van der Waals surface area contributed by atoms with Crippen molar-refractivity contribution < 1.29 is 28.5 Å². The van der Waals surface area contributed by atoms with Crippen molar-refractivity contribution in [1.29, 1.82) is 0 Å². The number of amides is 1. The van der Waals surface area contributed by atoms with Crippen molar-refractivity contribution in [2.24, 2.45) is 0 Å². The van der Waals surface area contributed by atoms with Crippen LogP contribution in [0.3, 0.4) is 0 Å². The summed E-state index contributed by atoms with van der Waals surface area (Å²) in [5, 5.41) is 0. The Hall–Kier alpha value is -2.74. The summed E-state index contributed by atoms with van der Waals surface area (Å²) >= 11 is 1.45. The lowest BCUT2D eigenvalue weighted by molar-refractivity contribution is -0.144. The van der Waals surface area contributed by atoms with Crippen LogP contribution in [0.2, 0.25) is 0 Å². The van der Waals surface area contributed by atoms with Gasteiger partial charge in [-0.05, 0) is 23.8 Å². The lowest BCUT2D eigenvalue weighted by atomic mass is 9.97. The summed E-state index contributed by atoms with van der Waals surface area (Å²) in [5.74, 6) is 0.460. The van der Waals surface area contributed by atoms with E-state index in [4.69, 9.17) is 18.9 Å². The fraction of sp³-hybridized carbons (Fsp3) is 0.368. The minimum Gasteiger partial charge on any atom is -0.493 e. The summed E-state index contributed by atoms with van der Waals surface area (Å²) in [6, 6.07) is 5.58. The number of hydrogen-bond donors (Lipinski definition) is 0. The average Bonchev–Trinajstić information content (AvgIpc) is 3.14. The first-order valence-corrected chi connectivity index (χ1v) is 9.05. The summed E-state index contributed by atoms with van der Waals surface area (Å²) in [6.45, 7) is 0. The molecule has 27 heavy (non-hydrogen) atoms. The smallest absolute Gasteiger partial charge is 0.314 e. The highest BCUT2D eigenvalue weighted by Gasteiger charge is 2.36. The van der Waals surface area contributed by atoms with Crippen molar-refractivity contribution in [1.82, 2.24) is 0 Å². The van der Waals surface area contributed by atoms with E-state index in [0.717, 1.165) is 21.0 Å². The number of carbonyl (C=O) groups excluding carboxylic acids is 2. The Morgan fingerprint density at radius 3 is 2.22 bits per heavy atom. The van der Waals surface area contributed by atoms with Crippen LogP contribution in [0.15, 0.2) is 18.2 Å². The second-order valence-electron chi connectivity index (χ2n) is 6.01. The second-order valence-corrected chi connectivity index (χ2v) is 7.09. The zero-order valence-corrected chi connectivity index (χ0v) is 16.6. The molecule has 1 aromatic carbocycles. The highest BCUT2D eigenvalue weighted by molar-refractivity contribution is 7.16. The molecule has 1 aliphatic heterocycles. The molecule has 1 amide bonds. The minimum absolute atomic E-state index is 0.103. The van der Waals surface area contributed by atoms with Gasteiger partial charge < -0.3 is 23.8 Å². The molecule has 2 aromatic rings. The molecule has 144 valence electrons. The predicted molar refractivity (Wildman–Crippen MR) is 102 cm³/mol. The molecule has 0 spiro atoms. The number of anilines is 1. The van der Waals surface area contributed by atoms with E-state index in [2.05, 4.69) is 0 Å². The Morgan fingerprint density at radius 1 is 1.07 bits per heavy atom. The van der Waals surface area contributed by atoms with Crippen LogP contribution >= 0.6 is 11.3 Å². The molecule has 0 fully saturated rings. The Balaban J connectivity index is 2.14. The topological polar surface area (TPSA) is 74.3 Å². The third kappa shape index (κ3) is 3.21. The van der Waals surface area contributed by atoms with E-state index < -0.39 is 11.9 Å². The van der Waals surface area contributed by atoms with Crippen LogP contribution in [-0.4, -0.2) is 47.4 Å². The van der Waals surface area contributed by atoms with Crippen LogP contribution in [0, 0.1) is 0 Å². The fourth-order valence-corrected chi connectivity index (χ4v) is 4.41. The number of nitrogens with zero attached hydrogens (tertiary/aromatic N) is 1. The van der Waals surface area contributed by atoms with Crippen molar-refractivity contribution in [3.63, 3.8) is 0 Å². The van der Waals surface area contributed by atoms with E-state index in [1.807, 2.05) is 18.2 Å². The molecular weight excluding hydrogens is 370 g/mol. The van der Waals surface area contributed by atoms with Gasteiger partial charge in [0, 0.05) is 23.2 Å². The van der Waals surface area contributed by atoms with Crippen molar-refractivity contribution in [3.05, 3.63) is 23.1 Å². The molecule has 1 aromatic heterocycles. The maximum atomic E-state index is 12.3. The van der Waals surface area contributed by atoms with Crippen LogP contribution in [0.5, 0.6) is 17.2 Å². The van der Waals surface area contributed by atoms with Crippen LogP contribution in [0.1, 0.15) is 17.2 Å². The van der Waals surface area contributed by atoms with Gasteiger partial charge in [0.15, 0.2) is 11.5 Å². The third-order valence-electron chi connectivity index (χ3n) is 4.61. The average molecular weight is 391 g/mol. The van der Waals surface area contributed by atoms with Gasteiger partial charge in [-0.15, -0.1) is 11.3 Å². The van der Waals surface area contributed by atoms with Gasteiger partial charge in [-0.25, -0.2) is 0 Å². The van der Waals surface area contributed by atoms with Gasteiger partial charge in [-0.3, -0.25) is 9.59 Å². The van der Waals surface area contributed by atoms with Crippen molar-refractivity contribution in [3.8, 4) is 27.7 Å². The third-order valence-corrected chi connectivity index (χ3v) is 5.89. The number of thiophene rings is 1. The fourth-order valence-electron chi connectivity index (χ4n) is 3.14. The number of esters is 1.